The summed E-state index contributed by atoms with van der Waals surface area (Å²) in [6.07, 6.45) is 0. The highest BCUT2D eigenvalue weighted by Crippen LogP contribution is 2.23. The van der Waals surface area contributed by atoms with Crippen LogP contribution in [0.1, 0.15) is 19.4 Å². The highest BCUT2D eigenvalue weighted by Gasteiger charge is 2.09. The van der Waals surface area contributed by atoms with Crippen molar-refractivity contribution >= 4 is 16.7 Å². The average Bonchev–Trinajstić information content (AvgIpc) is 2.46. The molecular weight excluding hydrogens is 240 g/mol. The molecule has 0 aliphatic carbocycles. The highest BCUT2D eigenvalue weighted by molar-refractivity contribution is 5.84. The Morgan fingerprint density at radius 1 is 1.16 bits per heavy atom. The van der Waals surface area contributed by atoms with E-state index in [0.717, 1.165) is 35.4 Å². The Morgan fingerprint density at radius 2 is 1.89 bits per heavy atom. The van der Waals surface area contributed by atoms with Crippen molar-refractivity contribution in [2.24, 2.45) is 0 Å². The number of benzene rings is 1. The summed E-state index contributed by atoms with van der Waals surface area (Å²) < 4.78 is 0. The SMILES string of the molecule is CCN(CC)c1cc(COOC)c2ccccc2n1. The molecule has 0 radical (unpaired) electrons. The third-order valence-electron chi connectivity index (χ3n) is 3.21. The second-order valence-electron chi connectivity index (χ2n) is 4.26. The first kappa shape index (κ1) is 13.8. The molecule has 0 atom stereocenters. The molecule has 0 bridgehead atoms. The number of aromatic nitrogens is 1. The summed E-state index contributed by atoms with van der Waals surface area (Å²) >= 11 is 0. The number of hydrogen-bond acceptors (Lipinski definition) is 4. The van der Waals surface area contributed by atoms with E-state index >= 15 is 0 Å². The van der Waals surface area contributed by atoms with Crippen LogP contribution in [0.3, 0.4) is 0 Å². The van der Waals surface area contributed by atoms with Gasteiger partial charge in [0.05, 0.1) is 12.6 Å². The first-order chi connectivity index (χ1) is 9.30. The lowest BCUT2D eigenvalue weighted by Gasteiger charge is -2.21. The van der Waals surface area contributed by atoms with Crippen molar-refractivity contribution < 1.29 is 9.78 Å². The maximum absolute atomic E-state index is 5.08. The van der Waals surface area contributed by atoms with Gasteiger partial charge in [0, 0.05) is 18.5 Å². The van der Waals surface area contributed by atoms with Crippen molar-refractivity contribution in [1.82, 2.24) is 4.98 Å². The summed E-state index contributed by atoms with van der Waals surface area (Å²) in [5.41, 5.74) is 2.08. The fourth-order valence-electron chi connectivity index (χ4n) is 2.18. The maximum atomic E-state index is 5.08. The van der Waals surface area contributed by atoms with Gasteiger partial charge < -0.3 is 4.90 Å². The minimum atomic E-state index is 0.424. The minimum Gasteiger partial charge on any atom is -0.357 e. The fraction of sp³-hybridized carbons (Fsp3) is 0.400. The van der Waals surface area contributed by atoms with Crippen LogP contribution in [0.5, 0.6) is 0 Å². The molecule has 0 saturated carbocycles. The van der Waals surface area contributed by atoms with Gasteiger partial charge in [-0.2, -0.15) is 0 Å². The lowest BCUT2D eigenvalue weighted by Crippen LogP contribution is -2.23. The molecule has 4 nitrogen and oxygen atoms in total. The molecule has 4 heteroatoms. The molecular formula is C15H20N2O2. The highest BCUT2D eigenvalue weighted by atomic mass is 17.2. The lowest BCUT2D eigenvalue weighted by molar-refractivity contribution is -0.282. The van der Waals surface area contributed by atoms with Gasteiger partial charge in [-0.15, -0.1) is 0 Å². The zero-order valence-corrected chi connectivity index (χ0v) is 11.7. The summed E-state index contributed by atoms with van der Waals surface area (Å²) in [6, 6.07) is 10.2. The Morgan fingerprint density at radius 3 is 2.58 bits per heavy atom. The van der Waals surface area contributed by atoms with Crippen LogP contribution in [0.25, 0.3) is 10.9 Å². The zero-order valence-electron chi connectivity index (χ0n) is 11.7. The Balaban J connectivity index is 2.49. The Bertz CT molecular complexity index is 539. The Hall–Kier alpha value is -1.65. The molecule has 1 heterocycles. The predicted molar refractivity (Wildman–Crippen MR) is 77.1 cm³/mol. The normalized spacial score (nSPS) is 10.9. The van der Waals surface area contributed by atoms with Crippen molar-refractivity contribution in [3.05, 3.63) is 35.9 Å². The second kappa shape index (κ2) is 6.50. The molecule has 102 valence electrons. The van der Waals surface area contributed by atoms with E-state index in [1.54, 1.807) is 0 Å². The third kappa shape index (κ3) is 3.03. The fourth-order valence-corrected chi connectivity index (χ4v) is 2.18. The van der Waals surface area contributed by atoms with Gasteiger partial charge in [-0.3, -0.25) is 0 Å². The summed E-state index contributed by atoms with van der Waals surface area (Å²) in [5.74, 6) is 0.985. The predicted octanol–water partition coefficient (Wildman–Crippen LogP) is 3.16. The molecule has 0 saturated heterocycles. The van der Waals surface area contributed by atoms with E-state index in [1.807, 2.05) is 18.2 Å². The van der Waals surface area contributed by atoms with Crippen molar-refractivity contribution in [3.63, 3.8) is 0 Å². The smallest absolute Gasteiger partial charge is 0.129 e. The van der Waals surface area contributed by atoms with Gasteiger partial charge in [0.15, 0.2) is 0 Å². The Labute approximate surface area is 113 Å². The molecule has 0 fully saturated rings. The van der Waals surface area contributed by atoms with Crippen LogP contribution in [-0.4, -0.2) is 25.2 Å². The molecule has 2 aromatic rings. The summed E-state index contributed by atoms with van der Waals surface area (Å²) in [7, 11) is 1.52. The summed E-state index contributed by atoms with van der Waals surface area (Å²) in [5, 5.41) is 1.11. The number of hydrogen-bond donors (Lipinski definition) is 0. The van der Waals surface area contributed by atoms with E-state index in [1.165, 1.54) is 7.11 Å². The number of rotatable bonds is 6. The molecule has 0 unspecified atom stereocenters. The molecule has 0 amide bonds. The Kier molecular flexibility index (Phi) is 4.71. The number of anilines is 1. The van der Waals surface area contributed by atoms with Gasteiger partial charge >= 0.3 is 0 Å². The second-order valence-corrected chi connectivity index (χ2v) is 4.26. The first-order valence-corrected chi connectivity index (χ1v) is 6.59. The molecule has 2 rings (SSSR count). The molecule has 1 aromatic carbocycles. The van der Waals surface area contributed by atoms with Crippen molar-refractivity contribution in [1.29, 1.82) is 0 Å². The largest absolute Gasteiger partial charge is 0.357 e. The zero-order chi connectivity index (χ0) is 13.7. The first-order valence-electron chi connectivity index (χ1n) is 6.59. The minimum absolute atomic E-state index is 0.424. The number of nitrogens with zero attached hydrogens (tertiary/aromatic N) is 2. The van der Waals surface area contributed by atoms with Crippen LogP contribution in [0.15, 0.2) is 30.3 Å². The van der Waals surface area contributed by atoms with Gasteiger partial charge in [0.1, 0.15) is 12.4 Å². The van der Waals surface area contributed by atoms with E-state index < -0.39 is 0 Å². The van der Waals surface area contributed by atoms with Crippen molar-refractivity contribution in [2.45, 2.75) is 20.5 Å². The molecule has 0 aliphatic rings. The van der Waals surface area contributed by atoms with Crippen LogP contribution in [0, 0.1) is 0 Å². The number of para-hydroxylation sites is 1. The van der Waals surface area contributed by atoms with E-state index in [4.69, 9.17) is 14.8 Å². The van der Waals surface area contributed by atoms with Gasteiger partial charge in [-0.25, -0.2) is 14.8 Å². The summed E-state index contributed by atoms with van der Waals surface area (Å²) in [4.78, 5) is 16.7. The van der Waals surface area contributed by atoms with Crippen LogP contribution in [0.2, 0.25) is 0 Å². The molecule has 0 aliphatic heterocycles. The van der Waals surface area contributed by atoms with E-state index in [2.05, 4.69) is 30.9 Å². The van der Waals surface area contributed by atoms with Crippen molar-refractivity contribution in [2.75, 3.05) is 25.1 Å². The van der Waals surface area contributed by atoms with Gasteiger partial charge in [0.25, 0.3) is 0 Å². The maximum Gasteiger partial charge on any atom is 0.129 e. The van der Waals surface area contributed by atoms with Gasteiger partial charge in [-0.05, 0) is 31.5 Å². The lowest BCUT2D eigenvalue weighted by atomic mass is 10.1. The van der Waals surface area contributed by atoms with Crippen LogP contribution < -0.4 is 4.90 Å². The van der Waals surface area contributed by atoms with Crippen LogP contribution >= 0.6 is 0 Å². The molecule has 0 N–H and O–H groups in total. The van der Waals surface area contributed by atoms with Crippen molar-refractivity contribution in [3.8, 4) is 0 Å². The monoisotopic (exact) mass is 260 g/mol. The summed E-state index contributed by atoms with van der Waals surface area (Å²) in [6.45, 7) is 6.56. The van der Waals surface area contributed by atoms with Gasteiger partial charge in [-0.1, -0.05) is 18.2 Å². The average molecular weight is 260 g/mol. The quantitative estimate of drug-likeness (QED) is 0.590. The van der Waals surface area contributed by atoms with Gasteiger partial charge in [0.2, 0.25) is 0 Å². The topological polar surface area (TPSA) is 34.6 Å². The van der Waals surface area contributed by atoms with E-state index in [9.17, 15) is 0 Å². The van der Waals surface area contributed by atoms with Crippen LogP contribution in [-0.2, 0) is 16.4 Å². The molecule has 19 heavy (non-hydrogen) atoms. The molecule has 0 spiro atoms. The number of pyridine rings is 1. The number of fused-ring (bicyclic) bond motifs is 1. The van der Waals surface area contributed by atoms with E-state index in [0.29, 0.717) is 6.61 Å². The third-order valence-corrected chi connectivity index (χ3v) is 3.21. The standard InChI is InChI=1S/C15H20N2O2/c1-4-17(5-2)15-10-12(11-19-18-3)13-8-6-7-9-14(13)16-15/h6-10H,4-5,11H2,1-3H3. The molecule has 1 aromatic heterocycles. The van der Waals surface area contributed by atoms with Crippen LogP contribution in [0.4, 0.5) is 5.82 Å². The van der Waals surface area contributed by atoms with E-state index in [-0.39, 0.29) is 0 Å².